The zero-order valence-electron chi connectivity index (χ0n) is 9.83. The van der Waals surface area contributed by atoms with Gasteiger partial charge in [0.2, 0.25) is 10.0 Å². The van der Waals surface area contributed by atoms with Gasteiger partial charge in [-0.1, -0.05) is 0 Å². The number of hydrogen-bond donors (Lipinski definition) is 2. The van der Waals surface area contributed by atoms with Crippen LogP contribution in [0.2, 0.25) is 0 Å². The van der Waals surface area contributed by atoms with E-state index in [-0.39, 0.29) is 10.8 Å². The number of aromatic nitrogens is 2. The van der Waals surface area contributed by atoms with E-state index in [1.807, 2.05) is 0 Å². The molecule has 2 heterocycles. The molecule has 2 aromatic rings. The summed E-state index contributed by atoms with van der Waals surface area (Å²) in [5.74, 6) is 0. The van der Waals surface area contributed by atoms with Crippen LogP contribution in [0.3, 0.4) is 0 Å². The highest BCUT2D eigenvalue weighted by atomic mass is 32.2. The van der Waals surface area contributed by atoms with E-state index in [2.05, 4.69) is 9.82 Å². The standard InChI is InChI=1S/C10H14N4O2S2/c1-14-6-9(4-12-14)5-13-18(15,16)10-2-8(3-11)7-17-10/h2,4,6-7,13H,3,5,11H2,1H3. The molecule has 2 aromatic heterocycles. The number of nitrogens with zero attached hydrogens (tertiary/aromatic N) is 2. The lowest BCUT2D eigenvalue weighted by molar-refractivity contribution is 0.583. The number of nitrogens with two attached hydrogens (primary N) is 1. The van der Waals surface area contributed by atoms with Gasteiger partial charge in [0.25, 0.3) is 0 Å². The van der Waals surface area contributed by atoms with E-state index in [9.17, 15) is 8.42 Å². The molecular weight excluding hydrogens is 272 g/mol. The third-order valence-corrected chi connectivity index (χ3v) is 5.24. The molecule has 3 N–H and O–H groups in total. The van der Waals surface area contributed by atoms with Gasteiger partial charge in [-0.05, 0) is 17.0 Å². The fraction of sp³-hybridized carbons (Fsp3) is 0.300. The molecule has 8 heteroatoms. The molecule has 98 valence electrons. The van der Waals surface area contributed by atoms with Crippen LogP contribution < -0.4 is 10.5 Å². The van der Waals surface area contributed by atoms with Crippen molar-refractivity contribution in [2.45, 2.75) is 17.3 Å². The Morgan fingerprint density at radius 1 is 1.50 bits per heavy atom. The maximum absolute atomic E-state index is 12.0. The first-order chi connectivity index (χ1) is 8.51. The Balaban J connectivity index is 2.07. The normalized spacial score (nSPS) is 11.9. The Morgan fingerprint density at radius 3 is 2.83 bits per heavy atom. The summed E-state index contributed by atoms with van der Waals surface area (Å²) in [6.45, 7) is 0.570. The molecule has 0 saturated heterocycles. The SMILES string of the molecule is Cn1cc(CNS(=O)(=O)c2cc(CN)cs2)cn1. The smallest absolute Gasteiger partial charge is 0.250 e. The molecule has 0 amide bonds. The van der Waals surface area contributed by atoms with Gasteiger partial charge in [0, 0.05) is 31.9 Å². The molecule has 0 fully saturated rings. The lowest BCUT2D eigenvalue weighted by Gasteiger charge is -2.02. The molecule has 0 spiro atoms. The molecule has 0 radical (unpaired) electrons. The Hall–Kier alpha value is -1.22. The van der Waals surface area contributed by atoms with Crippen molar-refractivity contribution in [3.05, 3.63) is 35.0 Å². The second-order valence-electron chi connectivity index (χ2n) is 3.82. The summed E-state index contributed by atoms with van der Waals surface area (Å²) in [6, 6.07) is 1.59. The van der Waals surface area contributed by atoms with Crippen LogP contribution in [0.5, 0.6) is 0 Å². The van der Waals surface area contributed by atoms with Crippen LogP contribution in [0.1, 0.15) is 11.1 Å². The van der Waals surface area contributed by atoms with Crippen LogP contribution in [0.4, 0.5) is 0 Å². The minimum atomic E-state index is -3.46. The second-order valence-corrected chi connectivity index (χ2v) is 6.73. The fourth-order valence-electron chi connectivity index (χ4n) is 1.41. The van der Waals surface area contributed by atoms with Crippen LogP contribution in [0.15, 0.2) is 28.0 Å². The topological polar surface area (TPSA) is 90.0 Å². The lowest BCUT2D eigenvalue weighted by atomic mass is 10.4. The molecule has 0 aromatic carbocycles. The first kappa shape index (κ1) is 13.2. The van der Waals surface area contributed by atoms with Gasteiger partial charge in [-0.25, -0.2) is 13.1 Å². The monoisotopic (exact) mass is 286 g/mol. The molecule has 0 aliphatic rings. The molecule has 0 saturated carbocycles. The van der Waals surface area contributed by atoms with E-state index in [4.69, 9.17) is 5.73 Å². The molecule has 0 atom stereocenters. The highest BCUT2D eigenvalue weighted by Crippen LogP contribution is 2.19. The second kappa shape index (κ2) is 5.19. The number of nitrogens with one attached hydrogen (secondary N) is 1. The maximum Gasteiger partial charge on any atom is 0.250 e. The molecule has 2 rings (SSSR count). The first-order valence-corrected chi connectivity index (χ1v) is 7.62. The van der Waals surface area contributed by atoms with Crippen molar-refractivity contribution in [1.29, 1.82) is 0 Å². The number of hydrogen-bond acceptors (Lipinski definition) is 5. The molecule has 0 bridgehead atoms. The van der Waals surface area contributed by atoms with E-state index in [1.165, 1.54) is 11.3 Å². The Morgan fingerprint density at radius 2 is 2.28 bits per heavy atom. The Bertz CT molecular complexity index is 630. The van der Waals surface area contributed by atoms with Gasteiger partial charge in [0.05, 0.1) is 6.20 Å². The summed E-state index contributed by atoms with van der Waals surface area (Å²) >= 11 is 1.17. The summed E-state index contributed by atoms with van der Waals surface area (Å²) in [5, 5.41) is 5.72. The quantitative estimate of drug-likeness (QED) is 0.833. The predicted molar refractivity (Wildman–Crippen MR) is 69.4 cm³/mol. The van der Waals surface area contributed by atoms with Crippen molar-refractivity contribution < 1.29 is 8.42 Å². The Kier molecular flexibility index (Phi) is 3.81. The van der Waals surface area contributed by atoms with Crippen molar-refractivity contribution in [1.82, 2.24) is 14.5 Å². The summed E-state index contributed by atoms with van der Waals surface area (Å²) in [7, 11) is -1.68. The van der Waals surface area contributed by atoms with Gasteiger partial charge in [-0.2, -0.15) is 5.10 Å². The van der Waals surface area contributed by atoms with E-state index in [0.717, 1.165) is 11.1 Å². The van der Waals surface area contributed by atoms with Gasteiger partial charge in [0.1, 0.15) is 4.21 Å². The first-order valence-electron chi connectivity index (χ1n) is 5.26. The van der Waals surface area contributed by atoms with Crippen molar-refractivity contribution in [3.8, 4) is 0 Å². The van der Waals surface area contributed by atoms with Crippen molar-refractivity contribution >= 4 is 21.4 Å². The summed E-state index contributed by atoms with van der Waals surface area (Å²) in [4.78, 5) is 0. The summed E-state index contributed by atoms with van der Waals surface area (Å²) < 4.78 is 28.4. The zero-order chi connectivity index (χ0) is 13.2. The molecule has 0 unspecified atom stereocenters. The number of rotatable bonds is 5. The van der Waals surface area contributed by atoms with Crippen LogP contribution in [-0.4, -0.2) is 18.2 Å². The predicted octanol–water partition coefficient (Wildman–Crippen LogP) is 0.419. The minimum Gasteiger partial charge on any atom is -0.326 e. The molecule has 18 heavy (non-hydrogen) atoms. The van der Waals surface area contributed by atoms with Crippen molar-refractivity contribution in [2.24, 2.45) is 12.8 Å². The largest absolute Gasteiger partial charge is 0.326 e. The lowest BCUT2D eigenvalue weighted by Crippen LogP contribution is -2.22. The zero-order valence-corrected chi connectivity index (χ0v) is 11.5. The van der Waals surface area contributed by atoms with E-state index in [1.54, 1.807) is 35.6 Å². The summed E-state index contributed by atoms with van der Waals surface area (Å²) in [5.41, 5.74) is 7.09. The third kappa shape index (κ3) is 2.96. The van der Waals surface area contributed by atoms with E-state index in [0.29, 0.717) is 6.54 Å². The molecule has 6 nitrogen and oxygen atoms in total. The van der Waals surface area contributed by atoms with E-state index < -0.39 is 10.0 Å². The van der Waals surface area contributed by atoms with Crippen molar-refractivity contribution in [3.63, 3.8) is 0 Å². The van der Waals surface area contributed by atoms with Gasteiger partial charge in [-0.3, -0.25) is 4.68 Å². The highest BCUT2D eigenvalue weighted by molar-refractivity contribution is 7.91. The van der Waals surface area contributed by atoms with Crippen LogP contribution >= 0.6 is 11.3 Å². The fourth-order valence-corrected chi connectivity index (χ4v) is 3.70. The molecule has 0 aliphatic heterocycles. The van der Waals surface area contributed by atoms with Crippen LogP contribution in [-0.2, 0) is 30.2 Å². The van der Waals surface area contributed by atoms with Crippen LogP contribution in [0.25, 0.3) is 0 Å². The highest BCUT2D eigenvalue weighted by Gasteiger charge is 2.16. The third-order valence-electron chi connectivity index (χ3n) is 2.35. The average molecular weight is 286 g/mol. The van der Waals surface area contributed by atoms with Gasteiger partial charge < -0.3 is 5.73 Å². The van der Waals surface area contributed by atoms with Gasteiger partial charge in [0.15, 0.2) is 0 Å². The number of aryl methyl sites for hydroxylation is 1. The van der Waals surface area contributed by atoms with Gasteiger partial charge >= 0.3 is 0 Å². The van der Waals surface area contributed by atoms with Crippen LogP contribution in [0, 0.1) is 0 Å². The van der Waals surface area contributed by atoms with E-state index >= 15 is 0 Å². The minimum absolute atomic E-state index is 0.228. The number of thiophene rings is 1. The molecular formula is C10H14N4O2S2. The van der Waals surface area contributed by atoms with Crippen molar-refractivity contribution in [2.75, 3.05) is 0 Å². The summed E-state index contributed by atoms with van der Waals surface area (Å²) in [6.07, 6.45) is 3.39. The Labute approximate surface area is 109 Å². The molecule has 0 aliphatic carbocycles. The average Bonchev–Trinajstić information content (AvgIpc) is 2.95. The van der Waals surface area contributed by atoms with Gasteiger partial charge in [-0.15, -0.1) is 11.3 Å². The number of sulfonamides is 1. The maximum atomic E-state index is 12.0.